The van der Waals surface area contributed by atoms with Gasteiger partial charge in [0.2, 0.25) is 5.91 Å². The van der Waals surface area contributed by atoms with Gasteiger partial charge in [0.15, 0.2) is 0 Å². The van der Waals surface area contributed by atoms with E-state index >= 15 is 0 Å². The van der Waals surface area contributed by atoms with Crippen LogP contribution in [-0.4, -0.2) is 10.5 Å². The Kier molecular flexibility index (Phi) is 4.08. The molecule has 2 aromatic rings. The van der Waals surface area contributed by atoms with Crippen molar-refractivity contribution in [3.63, 3.8) is 0 Å². The summed E-state index contributed by atoms with van der Waals surface area (Å²) in [4.78, 5) is 12.4. The standard InChI is InChI=1S/C19H22FN3O/c1-19(2,3)10-17(24)22-18-15(11-21)14-8-7-12(20)9-16(14)23(18)13-5-4-6-13/h7-9,13H,4-6,10H2,1-3H3,(H,22,24). The number of hydrogen-bond acceptors (Lipinski definition) is 2. The summed E-state index contributed by atoms with van der Waals surface area (Å²) in [5, 5.41) is 13.2. The highest BCUT2D eigenvalue weighted by Gasteiger charge is 2.28. The second-order valence-corrected chi connectivity index (χ2v) is 7.74. The number of rotatable bonds is 3. The van der Waals surface area contributed by atoms with E-state index < -0.39 is 0 Å². The van der Waals surface area contributed by atoms with E-state index in [0.717, 1.165) is 19.3 Å². The number of nitriles is 1. The van der Waals surface area contributed by atoms with Crippen molar-refractivity contribution in [2.75, 3.05) is 5.32 Å². The first-order valence-corrected chi connectivity index (χ1v) is 8.33. The first-order valence-electron chi connectivity index (χ1n) is 8.33. The van der Waals surface area contributed by atoms with Gasteiger partial charge in [-0.25, -0.2) is 4.39 Å². The van der Waals surface area contributed by atoms with E-state index in [1.807, 2.05) is 25.3 Å². The molecule has 0 spiro atoms. The maximum absolute atomic E-state index is 13.7. The molecular formula is C19H22FN3O. The number of anilines is 1. The molecule has 5 heteroatoms. The van der Waals surface area contributed by atoms with Gasteiger partial charge in [-0.05, 0) is 42.9 Å². The third-order valence-corrected chi connectivity index (χ3v) is 4.47. The van der Waals surface area contributed by atoms with E-state index in [4.69, 9.17) is 0 Å². The fourth-order valence-corrected chi connectivity index (χ4v) is 3.20. The summed E-state index contributed by atoms with van der Waals surface area (Å²) >= 11 is 0. The van der Waals surface area contributed by atoms with Crippen molar-refractivity contribution in [2.45, 2.75) is 52.5 Å². The van der Waals surface area contributed by atoms with Crippen molar-refractivity contribution in [1.82, 2.24) is 4.57 Å². The zero-order valence-electron chi connectivity index (χ0n) is 14.3. The average molecular weight is 327 g/mol. The van der Waals surface area contributed by atoms with Gasteiger partial charge in [-0.3, -0.25) is 4.79 Å². The second kappa shape index (κ2) is 5.94. The molecule has 24 heavy (non-hydrogen) atoms. The molecule has 0 aliphatic heterocycles. The Morgan fingerprint density at radius 1 is 1.42 bits per heavy atom. The highest BCUT2D eigenvalue weighted by atomic mass is 19.1. The van der Waals surface area contributed by atoms with Crippen LogP contribution in [-0.2, 0) is 4.79 Å². The van der Waals surface area contributed by atoms with E-state index in [-0.39, 0.29) is 23.2 Å². The molecule has 126 valence electrons. The molecule has 3 rings (SSSR count). The molecule has 0 atom stereocenters. The van der Waals surface area contributed by atoms with Crippen LogP contribution in [0.2, 0.25) is 0 Å². The Hall–Kier alpha value is -2.35. The number of benzene rings is 1. The van der Waals surface area contributed by atoms with Crippen LogP contribution in [0.5, 0.6) is 0 Å². The number of carbonyl (C=O) groups excluding carboxylic acids is 1. The highest BCUT2D eigenvalue weighted by molar-refractivity contribution is 5.99. The smallest absolute Gasteiger partial charge is 0.226 e. The fourth-order valence-electron chi connectivity index (χ4n) is 3.20. The zero-order chi connectivity index (χ0) is 17.5. The Balaban J connectivity index is 2.11. The summed E-state index contributed by atoms with van der Waals surface area (Å²) in [7, 11) is 0. The lowest BCUT2D eigenvalue weighted by molar-refractivity contribution is -0.117. The number of hydrogen-bond donors (Lipinski definition) is 1. The summed E-state index contributed by atoms with van der Waals surface area (Å²) in [6.45, 7) is 5.98. The first kappa shape index (κ1) is 16.5. The van der Waals surface area contributed by atoms with Crippen molar-refractivity contribution >= 4 is 22.6 Å². The summed E-state index contributed by atoms with van der Waals surface area (Å²) in [5.41, 5.74) is 0.956. The Morgan fingerprint density at radius 2 is 2.12 bits per heavy atom. The lowest BCUT2D eigenvalue weighted by Crippen LogP contribution is -2.24. The van der Waals surface area contributed by atoms with Crippen molar-refractivity contribution in [3.05, 3.63) is 29.6 Å². The summed E-state index contributed by atoms with van der Waals surface area (Å²) < 4.78 is 15.7. The first-order chi connectivity index (χ1) is 11.3. The van der Waals surface area contributed by atoms with Gasteiger partial charge < -0.3 is 9.88 Å². The van der Waals surface area contributed by atoms with E-state index in [0.29, 0.717) is 28.7 Å². The van der Waals surface area contributed by atoms with Crippen LogP contribution in [0, 0.1) is 22.6 Å². The molecule has 4 nitrogen and oxygen atoms in total. The predicted molar refractivity (Wildman–Crippen MR) is 92.2 cm³/mol. The van der Waals surface area contributed by atoms with Crippen molar-refractivity contribution in [2.24, 2.45) is 5.41 Å². The van der Waals surface area contributed by atoms with Crippen LogP contribution < -0.4 is 5.32 Å². The third-order valence-electron chi connectivity index (χ3n) is 4.47. The normalized spacial score (nSPS) is 15.1. The topological polar surface area (TPSA) is 57.8 Å². The minimum Gasteiger partial charge on any atom is -0.323 e. The maximum Gasteiger partial charge on any atom is 0.226 e. The fraction of sp³-hybridized carbons (Fsp3) is 0.474. The number of aromatic nitrogens is 1. The summed E-state index contributed by atoms with van der Waals surface area (Å²) in [5.74, 6) is 0.0533. The van der Waals surface area contributed by atoms with Crippen LogP contribution in [0.3, 0.4) is 0 Å². The number of amides is 1. The molecule has 0 bridgehead atoms. The molecule has 1 amide bonds. The minimum absolute atomic E-state index is 0.122. The molecular weight excluding hydrogens is 305 g/mol. The van der Waals surface area contributed by atoms with Crippen LogP contribution in [0.15, 0.2) is 18.2 Å². The van der Waals surface area contributed by atoms with Gasteiger partial charge in [0.1, 0.15) is 23.3 Å². The molecule has 0 radical (unpaired) electrons. The number of halogens is 1. The van der Waals surface area contributed by atoms with E-state index in [2.05, 4.69) is 11.4 Å². The molecule has 1 aliphatic rings. The highest BCUT2D eigenvalue weighted by Crippen LogP contribution is 2.41. The van der Waals surface area contributed by atoms with Gasteiger partial charge in [0.25, 0.3) is 0 Å². The zero-order valence-corrected chi connectivity index (χ0v) is 14.3. The molecule has 1 N–H and O–H groups in total. The van der Waals surface area contributed by atoms with Crippen LogP contribution >= 0.6 is 0 Å². The largest absolute Gasteiger partial charge is 0.323 e. The van der Waals surface area contributed by atoms with E-state index in [9.17, 15) is 14.4 Å². The molecule has 1 aromatic carbocycles. The van der Waals surface area contributed by atoms with E-state index in [1.165, 1.54) is 12.1 Å². The predicted octanol–water partition coefficient (Wildman–Crippen LogP) is 4.75. The average Bonchev–Trinajstić information content (AvgIpc) is 2.68. The second-order valence-electron chi connectivity index (χ2n) is 7.74. The van der Waals surface area contributed by atoms with Gasteiger partial charge in [-0.1, -0.05) is 20.8 Å². The lowest BCUT2D eigenvalue weighted by Gasteiger charge is -2.30. The Labute approximate surface area is 141 Å². The molecule has 1 aromatic heterocycles. The molecule has 1 fully saturated rings. The monoisotopic (exact) mass is 327 g/mol. The van der Waals surface area contributed by atoms with Crippen molar-refractivity contribution < 1.29 is 9.18 Å². The minimum atomic E-state index is -0.336. The van der Waals surface area contributed by atoms with E-state index in [1.54, 1.807) is 6.07 Å². The summed E-state index contributed by atoms with van der Waals surface area (Å²) in [6, 6.07) is 6.83. The summed E-state index contributed by atoms with van der Waals surface area (Å²) in [6.07, 6.45) is 3.43. The van der Waals surface area contributed by atoms with Gasteiger partial charge in [-0.15, -0.1) is 0 Å². The maximum atomic E-state index is 13.7. The van der Waals surface area contributed by atoms with Crippen molar-refractivity contribution in [3.8, 4) is 6.07 Å². The van der Waals surface area contributed by atoms with Crippen molar-refractivity contribution in [1.29, 1.82) is 5.26 Å². The van der Waals surface area contributed by atoms with Gasteiger partial charge in [0, 0.05) is 17.8 Å². The van der Waals surface area contributed by atoms with Gasteiger partial charge in [-0.2, -0.15) is 5.26 Å². The number of nitrogens with one attached hydrogen (secondary N) is 1. The Morgan fingerprint density at radius 3 is 2.67 bits per heavy atom. The van der Waals surface area contributed by atoms with Crippen LogP contribution in [0.4, 0.5) is 10.2 Å². The molecule has 1 heterocycles. The Bertz CT molecular complexity index is 835. The molecule has 1 saturated carbocycles. The molecule has 0 unspecified atom stereocenters. The number of nitrogens with zero attached hydrogens (tertiary/aromatic N) is 2. The van der Waals surface area contributed by atoms with Crippen LogP contribution in [0.1, 0.15) is 58.1 Å². The van der Waals surface area contributed by atoms with Gasteiger partial charge >= 0.3 is 0 Å². The third kappa shape index (κ3) is 3.01. The lowest BCUT2D eigenvalue weighted by atomic mass is 9.92. The van der Waals surface area contributed by atoms with Gasteiger partial charge in [0.05, 0.1) is 5.52 Å². The van der Waals surface area contributed by atoms with Crippen LogP contribution in [0.25, 0.3) is 10.9 Å². The number of carbonyl (C=O) groups is 1. The molecule has 1 aliphatic carbocycles. The molecule has 0 saturated heterocycles. The quantitative estimate of drug-likeness (QED) is 0.884. The number of fused-ring (bicyclic) bond motifs is 1. The SMILES string of the molecule is CC(C)(C)CC(=O)Nc1c(C#N)c2ccc(F)cc2n1C1CCC1.